The lowest BCUT2D eigenvalue weighted by molar-refractivity contribution is -0.211. The van der Waals surface area contributed by atoms with Gasteiger partial charge in [0.05, 0.1) is 0 Å². The summed E-state index contributed by atoms with van der Waals surface area (Å²) in [4.78, 5) is 0. The third-order valence-electron chi connectivity index (χ3n) is 1.16. The zero-order valence-electron chi connectivity index (χ0n) is 5.12. The van der Waals surface area contributed by atoms with Crippen LogP contribution in [0.5, 0.6) is 0 Å². The fourth-order valence-electron chi connectivity index (χ4n) is 0.627. The maximum atomic E-state index is 12.2. The molecule has 1 aromatic carbocycles. The molecular formula is C6H5BFO2-. The third-order valence-corrected chi connectivity index (χ3v) is 1.16. The van der Waals surface area contributed by atoms with Crippen LogP contribution in [-0.4, -0.2) is 12.1 Å². The average molecular weight is 139 g/mol. The van der Waals surface area contributed by atoms with Crippen LogP contribution in [0, 0.1) is 5.82 Å². The van der Waals surface area contributed by atoms with Gasteiger partial charge in [-0.3, -0.25) is 0 Å². The normalized spacial score (nSPS) is 9.50. The van der Waals surface area contributed by atoms with Gasteiger partial charge in [0.1, 0.15) is 5.82 Å². The Bertz CT molecular complexity index is 209. The molecule has 0 spiro atoms. The van der Waals surface area contributed by atoms with Crippen LogP contribution in [0.4, 0.5) is 4.39 Å². The quantitative estimate of drug-likeness (QED) is 0.500. The molecule has 4 heteroatoms. The van der Waals surface area contributed by atoms with Gasteiger partial charge in [0, 0.05) is 0 Å². The molecule has 1 aromatic rings. The summed E-state index contributed by atoms with van der Waals surface area (Å²) in [6.45, 7) is 0. The molecule has 0 unspecified atom stereocenters. The van der Waals surface area contributed by atoms with Crippen molar-refractivity contribution in [1.82, 2.24) is 0 Å². The topological polar surface area (TPSA) is 43.3 Å². The van der Waals surface area contributed by atoms with E-state index in [4.69, 9.17) is 5.02 Å². The Hall–Kier alpha value is -0.865. The number of hydrogen-bond donors (Lipinski definition) is 1. The molecule has 0 aliphatic carbocycles. The Morgan fingerprint density at radius 3 is 2.20 bits per heavy atom. The van der Waals surface area contributed by atoms with Crippen LogP contribution >= 0.6 is 0 Å². The standard InChI is InChI=1S/C6H5BFO2/c8-6-3-1-5(2-4-6)7(9)10/h1-4,9H/q-1. The van der Waals surface area contributed by atoms with Crippen LogP contribution in [0.3, 0.4) is 0 Å². The molecule has 0 fully saturated rings. The molecule has 0 aliphatic rings. The van der Waals surface area contributed by atoms with Crippen molar-refractivity contribution in [2.24, 2.45) is 0 Å². The first-order valence-electron chi connectivity index (χ1n) is 2.79. The van der Waals surface area contributed by atoms with Gasteiger partial charge in [-0.05, 0) is 12.1 Å². The molecule has 52 valence electrons. The molecule has 0 heterocycles. The summed E-state index contributed by atoms with van der Waals surface area (Å²) in [6, 6.07) is 4.78. The van der Waals surface area contributed by atoms with E-state index in [1.807, 2.05) is 0 Å². The first kappa shape index (κ1) is 7.24. The highest BCUT2D eigenvalue weighted by Crippen LogP contribution is 1.91. The van der Waals surface area contributed by atoms with Gasteiger partial charge in [-0.25, -0.2) is 4.39 Å². The molecule has 1 rings (SSSR count). The fourth-order valence-corrected chi connectivity index (χ4v) is 0.627. The van der Waals surface area contributed by atoms with Gasteiger partial charge in [0.15, 0.2) is 0 Å². The van der Waals surface area contributed by atoms with Crippen LogP contribution in [0.15, 0.2) is 24.3 Å². The lowest BCUT2D eigenvalue weighted by Crippen LogP contribution is -2.43. The van der Waals surface area contributed by atoms with Crippen molar-refractivity contribution in [1.29, 1.82) is 0 Å². The van der Waals surface area contributed by atoms with Gasteiger partial charge >= 0.3 is 0 Å². The summed E-state index contributed by atoms with van der Waals surface area (Å²) in [6.07, 6.45) is 0. The Morgan fingerprint density at radius 1 is 1.30 bits per heavy atom. The molecular weight excluding hydrogens is 134 g/mol. The second kappa shape index (κ2) is 2.81. The first-order valence-corrected chi connectivity index (χ1v) is 2.79. The zero-order valence-corrected chi connectivity index (χ0v) is 5.12. The van der Waals surface area contributed by atoms with E-state index in [0.717, 1.165) is 12.1 Å². The molecule has 0 bridgehead atoms. The fraction of sp³-hybridized carbons (Fsp3) is 0. The highest BCUT2D eigenvalue weighted by Gasteiger charge is 1.96. The zero-order chi connectivity index (χ0) is 7.56. The van der Waals surface area contributed by atoms with E-state index in [-0.39, 0.29) is 5.46 Å². The van der Waals surface area contributed by atoms with Crippen LogP contribution in [-0.2, 0) is 0 Å². The number of rotatable bonds is 1. The van der Waals surface area contributed by atoms with Crippen LogP contribution in [0.25, 0.3) is 0 Å². The van der Waals surface area contributed by atoms with Crippen LogP contribution < -0.4 is 10.5 Å². The molecule has 0 radical (unpaired) electrons. The summed E-state index contributed by atoms with van der Waals surface area (Å²) < 4.78 is 12.2. The lowest BCUT2D eigenvalue weighted by atomic mass is 9.80. The number of benzene rings is 1. The number of hydrogen-bond acceptors (Lipinski definition) is 2. The van der Waals surface area contributed by atoms with E-state index in [2.05, 4.69) is 0 Å². The monoisotopic (exact) mass is 139 g/mol. The Morgan fingerprint density at radius 2 is 1.80 bits per heavy atom. The largest absolute Gasteiger partial charge is 0.853 e. The molecule has 0 aromatic heterocycles. The Kier molecular flexibility index (Phi) is 2.04. The van der Waals surface area contributed by atoms with E-state index in [1.54, 1.807) is 0 Å². The minimum atomic E-state index is -1.76. The van der Waals surface area contributed by atoms with Crippen molar-refractivity contribution in [3.63, 3.8) is 0 Å². The third kappa shape index (κ3) is 1.56. The molecule has 0 saturated heterocycles. The predicted octanol–water partition coefficient (Wildman–Crippen LogP) is -1.13. The van der Waals surface area contributed by atoms with Gasteiger partial charge in [-0.15, -0.1) is 0 Å². The molecule has 10 heavy (non-hydrogen) atoms. The second-order valence-electron chi connectivity index (χ2n) is 1.90. The van der Waals surface area contributed by atoms with E-state index >= 15 is 0 Å². The van der Waals surface area contributed by atoms with Crippen molar-refractivity contribution in [2.75, 3.05) is 0 Å². The number of halogens is 1. The summed E-state index contributed by atoms with van der Waals surface area (Å²) in [5.74, 6) is -0.413. The van der Waals surface area contributed by atoms with Crippen molar-refractivity contribution >= 4 is 12.6 Å². The van der Waals surface area contributed by atoms with Gasteiger partial charge in [-0.1, -0.05) is 17.6 Å². The minimum absolute atomic E-state index is 0.182. The predicted molar refractivity (Wildman–Crippen MR) is 34.0 cm³/mol. The maximum absolute atomic E-state index is 12.2. The molecule has 0 saturated carbocycles. The van der Waals surface area contributed by atoms with Gasteiger partial charge in [0.2, 0.25) is 7.12 Å². The summed E-state index contributed by atoms with van der Waals surface area (Å²) in [7, 11) is -1.76. The highest BCUT2D eigenvalue weighted by molar-refractivity contribution is 6.56. The van der Waals surface area contributed by atoms with Crippen molar-refractivity contribution in [2.45, 2.75) is 0 Å². The molecule has 0 amide bonds. The van der Waals surface area contributed by atoms with Crippen molar-refractivity contribution in [3.8, 4) is 0 Å². The highest BCUT2D eigenvalue weighted by atomic mass is 19.1. The van der Waals surface area contributed by atoms with Crippen LogP contribution in [0.1, 0.15) is 0 Å². The van der Waals surface area contributed by atoms with Gasteiger partial charge in [0.25, 0.3) is 0 Å². The van der Waals surface area contributed by atoms with E-state index in [9.17, 15) is 9.41 Å². The van der Waals surface area contributed by atoms with E-state index < -0.39 is 12.9 Å². The summed E-state index contributed by atoms with van der Waals surface area (Å²) in [5.41, 5.74) is 0.182. The van der Waals surface area contributed by atoms with E-state index in [0.29, 0.717) is 0 Å². The van der Waals surface area contributed by atoms with Gasteiger partial charge < -0.3 is 10.0 Å². The smallest absolute Gasteiger partial charge is 0.212 e. The Balaban J connectivity index is 2.89. The lowest BCUT2D eigenvalue weighted by Gasteiger charge is -2.09. The van der Waals surface area contributed by atoms with Gasteiger partial charge in [-0.2, -0.15) is 0 Å². The SMILES string of the molecule is [O-]B(O)c1ccc(F)cc1. The van der Waals surface area contributed by atoms with Crippen LogP contribution in [0.2, 0.25) is 0 Å². The Labute approximate surface area is 58.1 Å². The average Bonchev–Trinajstić information content (AvgIpc) is 1.88. The van der Waals surface area contributed by atoms with Crippen molar-refractivity contribution in [3.05, 3.63) is 30.1 Å². The first-order chi connectivity index (χ1) is 4.70. The molecule has 0 aliphatic heterocycles. The summed E-state index contributed by atoms with van der Waals surface area (Å²) in [5, 5.41) is 18.7. The molecule has 0 atom stereocenters. The van der Waals surface area contributed by atoms with E-state index in [1.165, 1.54) is 12.1 Å². The molecule has 1 N–H and O–H groups in total. The van der Waals surface area contributed by atoms with Crippen molar-refractivity contribution < 1.29 is 14.4 Å². The maximum Gasteiger partial charge on any atom is 0.212 e. The second-order valence-corrected chi connectivity index (χ2v) is 1.90. The minimum Gasteiger partial charge on any atom is -0.853 e. The summed E-state index contributed by atoms with van der Waals surface area (Å²) >= 11 is 0. The molecule has 2 nitrogen and oxygen atoms in total.